The van der Waals surface area contributed by atoms with Gasteiger partial charge < -0.3 is 19.9 Å². The van der Waals surface area contributed by atoms with Gasteiger partial charge in [0.15, 0.2) is 0 Å². The number of aliphatic carboxylic acids is 1. The molecule has 3 N–H and O–H groups in total. The summed E-state index contributed by atoms with van der Waals surface area (Å²) in [6.45, 7) is 0. The summed E-state index contributed by atoms with van der Waals surface area (Å²) in [6.07, 6.45) is -0.618. The summed E-state index contributed by atoms with van der Waals surface area (Å²) in [7, 11) is 2.92. The highest BCUT2D eigenvalue weighted by Crippen LogP contribution is 2.28. The molecule has 0 spiro atoms. The zero-order valence-corrected chi connectivity index (χ0v) is 11.6. The van der Waals surface area contributed by atoms with E-state index in [1.54, 1.807) is 18.2 Å². The van der Waals surface area contributed by atoms with E-state index in [1.807, 2.05) is 5.32 Å². The van der Waals surface area contributed by atoms with Crippen molar-refractivity contribution in [2.75, 3.05) is 19.5 Å². The van der Waals surface area contributed by atoms with Gasteiger partial charge in [0, 0.05) is 12.5 Å². The molecule has 0 heterocycles. The molecule has 0 aliphatic heterocycles. The first-order chi connectivity index (χ1) is 9.96. The van der Waals surface area contributed by atoms with E-state index in [-0.39, 0.29) is 12.8 Å². The van der Waals surface area contributed by atoms with E-state index in [9.17, 15) is 14.4 Å². The fraction of sp³-hybridized carbons (Fsp3) is 0.308. The maximum absolute atomic E-state index is 11.6. The number of carboxylic acids is 1. The average molecular weight is 296 g/mol. The van der Waals surface area contributed by atoms with Crippen LogP contribution in [0.3, 0.4) is 0 Å². The number of rotatable bonds is 6. The van der Waals surface area contributed by atoms with Crippen molar-refractivity contribution < 1.29 is 29.0 Å². The molecule has 1 rings (SSSR count). The summed E-state index contributed by atoms with van der Waals surface area (Å²) < 4.78 is 10.1. The molecule has 1 aromatic rings. The molecule has 0 aliphatic rings. The number of amides is 3. The molecule has 1 aromatic carbocycles. The van der Waals surface area contributed by atoms with Gasteiger partial charge in [0.2, 0.25) is 5.91 Å². The van der Waals surface area contributed by atoms with Crippen molar-refractivity contribution in [1.82, 2.24) is 5.32 Å². The van der Waals surface area contributed by atoms with Crippen molar-refractivity contribution in [2.24, 2.45) is 0 Å². The SMILES string of the molecule is COc1ccc(NC(=O)NC(=O)CCC(=O)O)c(OC)c1. The summed E-state index contributed by atoms with van der Waals surface area (Å²) in [5.74, 6) is -0.873. The first-order valence-electron chi connectivity index (χ1n) is 6.01. The highest BCUT2D eigenvalue weighted by Gasteiger charge is 2.12. The third kappa shape index (κ3) is 5.39. The number of benzene rings is 1. The van der Waals surface area contributed by atoms with Crippen LogP contribution in [0.1, 0.15) is 12.8 Å². The van der Waals surface area contributed by atoms with Crippen molar-refractivity contribution in [3.63, 3.8) is 0 Å². The van der Waals surface area contributed by atoms with Crippen molar-refractivity contribution in [1.29, 1.82) is 0 Å². The molecular weight excluding hydrogens is 280 g/mol. The van der Waals surface area contributed by atoms with Gasteiger partial charge in [-0.15, -0.1) is 0 Å². The number of hydrogen-bond acceptors (Lipinski definition) is 5. The zero-order chi connectivity index (χ0) is 15.8. The van der Waals surface area contributed by atoms with Crippen LogP contribution in [-0.2, 0) is 9.59 Å². The Morgan fingerprint density at radius 3 is 2.43 bits per heavy atom. The lowest BCUT2D eigenvalue weighted by atomic mass is 10.2. The van der Waals surface area contributed by atoms with Gasteiger partial charge in [0.25, 0.3) is 0 Å². The van der Waals surface area contributed by atoms with Crippen LogP contribution >= 0.6 is 0 Å². The Morgan fingerprint density at radius 2 is 1.86 bits per heavy atom. The number of imide groups is 1. The lowest BCUT2D eigenvalue weighted by Crippen LogP contribution is -2.34. The number of anilines is 1. The monoisotopic (exact) mass is 296 g/mol. The van der Waals surface area contributed by atoms with Crippen LogP contribution in [0.25, 0.3) is 0 Å². The summed E-state index contributed by atoms with van der Waals surface area (Å²) in [4.78, 5) is 33.2. The molecule has 114 valence electrons. The second-order valence-corrected chi connectivity index (χ2v) is 3.96. The van der Waals surface area contributed by atoms with Gasteiger partial charge in [-0.1, -0.05) is 0 Å². The quantitative estimate of drug-likeness (QED) is 0.727. The number of nitrogens with one attached hydrogen (secondary N) is 2. The Bertz CT molecular complexity index is 543. The Morgan fingerprint density at radius 1 is 1.14 bits per heavy atom. The maximum Gasteiger partial charge on any atom is 0.325 e. The predicted octanol–water partition coefficient (Wildman–Crippen LogP) is 1.22. The zero-order valence-electron chi connectivity index (χ0n) is 11.6. The van der Waals surface area contributed by atoms with Gasteiger partial charge >= 0.3 is 12.0 Å². The minimum atomic E-state index is -1.11. The number of urea groups is 1. The van der Waals surface area contributed by atoms with Gasteiger partial charge in [-0.05, 0) is 12.1 Å². The van der Waals surface area contributed by atoms with Gasteiger partial charge in [-0.25, -0.2) is 4.79 Å². The molecule has 0 bridgehead atoms. The minimum absolute atomic E-state index is 0.275. The van der Waals surface area contributed by atoms with E-state index in [4.69, 9.17) is 14.6 Å². The highest BCUT2D eigenvalue weighted by molar-refractivity contribution is 6.02. The minimum Gasteiger partial charge on any atom is -0.497 e. The van der Waals surface area contributed by atoms with Crippen LogP contribution in [0.5, 0.6) is 11.5 Å². The lowest BCUT2D eigenvalue weighted by molar-refractivity contribution is -0.138. The molecule has 3 amide bonds. The van der Waals surface area contributed by atoms with E-state index in [0.717, 1.165) is 0 Å². The number of carbonyl (C=O) groups is 3. The van der Waals surface area contributed by atoms with E-state index >= 15 is 0 Å². The van der Waals surface area contributed by atoms with Crippen LogP contribution in [0.4, 0.5) is 10.5 Å². The molecular formula is C13H16N2O6. The second-order valence-electron chi connectivity index (χ2n) is 3.96. The Kier molecular flexibility index (Phi) is 5.99. The predicted molar refractivity (Wildman–Crippen MR) is 73.6 cm³/mol. The van der Waals surface area contributed by atoms with Crippen molar-refractivity contribution in [2.45, 2.75) is 12.8 Å². The Hall–Kier alpha value is -2.77. The maximum atomic E-state index is 11.6. The summed E-state index contributed by atoms with van der Waals surface area (Å²) >= 11 is 0. The smallest absolute Gasteiger partial charge is 0.325 e. The molecule has 0 aromatic heterocycles. The average Bonchev–Trinajstić information content (AvgIpc) is 2.45. The molecule has 0 radical (unpaired) electrons. The highest BCUT2D eigenvalue weighted by atomic mass is 16.5. The van der Waals surface area contributed by atoms with Crippen molar-refractivity contribution in [3.8, 4) is 11.5 Å². The molecule has 0 unspecified atom stereocenters. The first kappa shape index (κ1) is 16.3. The topological polar surface area (TPSA) is 114 Å². The summed E-state index contributed by atoms with van der Waals surface area (Å²) in [6, 6.07) is 3.97. The van der Waals surface area contributed by atoms with Crippen LogP contribution < -0.4 is 20.1 Å². The summed E-state index contributed by atoms with van der Waals surface area (Å²) in [5, 5.41) is 12.9. The molecule has 0 saturated heterocycles. The molecule has 8 nitrogen and oxygen atoms in total. The van der Waals surface area contributed by atoms with Crippen LogP contribution in [0.2, 0.25) is 0 Å². The van der Waals surface area contributed by atoms with E-state index in [1.165, 1.54) is 14.2 Å². The third-order valence-electron chi connectivity index (χ3n) is 2.48. The van der Waals surface area contributed by atoms with Crippen molar-refractivity contribution in [3.05, 3.63) is 18.2 Å². The molecule has 0 aliphatic carbocycles. The Balaban J connectivity index is 2.62. The van der Waals surface area contributed by atoms with Crippen LogP contribution in [0.15, 0.2) is 18.2 Å². The second kappa shape index (κ2) is 7.73. The van der Waals surface area contributed by atoms with Gasteiger partial charge in [-0.2, -0.15) is 0 Å². The van der Waals surface area contributed by atoms with E-state index < -0.39 is 17.9 Å². The Labute approximate surface area is 121 Å². The van der Waals surface area contributed by atoms with Gasteiger partial charge in [0.05, 0.1) is 26.3 Å². The third-order valence-corrected chi connectivity index (χ3v) is 2.48. The van der Waals surface area contributed by atoms with Crippen LogP contribution in [-0.4, -0.2) is 37.2 Å². The lowest BCUT2D eigenvalue weighted by Gasteiger charge is -2.11. The van der Waals surface area contributed by atoms with Crippen LogP contribution in [0, 0.1) is 0 Å². The molecule has 21 heavy (non-hydrogen) atoms. The first-order valence-corrected chi connectivity index (χ1v) is 6.01. The molecule has 8 heteroatoms. The number of methoxy groups -OCH3 is 2. The van der Waals surface area contributed by atoms with Gasteiger partial charge in [0.1, 0.15) is 11.5 Å². The number of hydrogen-bond donors (Lipinski definition) is 3. The number of carboxylic acid groups (broad SMARTS) is 1. The van der Waals surface area contributed by atoms with Gasteiger partial charge in [-0.3, -0.25) is 14.9 Å². The fourth-order valence-corrected chi connectivity index (χ4v) is 1.46. The molecule has 0 saturated carbocycles. The van der Waals surface area contributed by atoms with E-state index in [2.05, 4.69) is 5.32 Å². The number of carbonyl (C=O) groups excluding carboxylic acids is 2. The summed E-state index contributed by atoms with van der Waals surface area (Å²) in [5.41, 5.74) is 0.349. The number of ether oxygens (including phenoxy) is 2. The fourth-order valence-electron chi connectivity index (χ4n) is 1.46. The normalized spacial score (nSPS) is 9.62. The standard InChI is InChI=1S/C13H16N2O6/c1-20-8-3-4-9(10(7-8)21-2)14-13(19)15-11(16)5-6-12(17)18/h3-4,7H,5-6H2,1-2H3,(H,17,18)(H2,14,15,16,19). The molecule has 0 atom stereocenters. The molecule has 0 fully saturated rings. The van der Waals surface area contributed by atoms with E-state index in [0.29, 0.717) is 17.2 Å². The largest absolute Gasteiger partial charge is 0.497 e. The van der Waals surface area contributed by atoms with Crippen molar-refractivity contribution >= 4 is 23.6 Å².